The van der Waals surface area contributed by atoms with Gasteiger partial charge in [-0.25, -0.2) is 4.39 Å². The fraction of sp³-hybridized carbons (Fsp3) is 0.412. The predicted octanol–water partition coefficient (Wildman–Crippen LogP) is 2.51. The number of benzene rings is 1. The minimum atomic E-state index is -0.268. The molecule has 1 atom stereocenters. The highest BCUT2D eigenvalue weighted by Crippen LogP contribution is 2.24. The molecule has 5 nitrogen and oxygen atoms in total. The fourth-order valence-electron chi connectivity index (χ4n) is 3.01. The molecule has 3 rings (SSSR count). The number of carbonyl (C=O) groups is 1. The van der Waals surface area contributed by atoms with Gasteiger partial charge in [-0.1, -0.05) is 12.1 Å². The molecular formula is C17H23Cl2FN4O. The van der Waals surface area contributed by atoms with Gasteiger partial charge in [-0.05, 0) is 29.7 Å². The molecule has 1 aromatic heterocycles. The third-order valence-electron chi connectivity index (χ3n) is 4.18. The number of hydrogen-bond donors (Lipinski definition) is 1. The molecule has 1 amide bonds. The number of nitrogens with one attached hydrogen (secondary N) is 1. The highest BCUT2D eigenvalue weighted by Gasteiger charge is 2.27. The summed E-state index contributed by atoms with van der Waals surface area (Å²) in [5.74, 6) is -0.166. The van der Waals surface area contributed by atoms with Crippen LogP contribution in [0.4, 0.5) is 4.39 Å². The second-order valence-electron chi connectivity index (χ2n) is 5.88. The molecule has 1 N–H and O–H groups in total. The smallest absolute Gasteiger partial charge is 0.223 e. The lowest BCUT2D eigenvalue weighted by atomic mass is 10.0. The molecule has 1 aromatic carbocycles. The Balaban J connectivity index is 0.00000156. The van der Waals surface area contributed by atoms with E-state index in [4.69, 9.17) is 0 Å². The summed E-state index contributed by atoms with van der Waals surface area (Å²) in [7, 11) is 1.86. The molecule has 0 bridgehead atoms. The van der Waals surface area contributed by atoms with Crippen LogP contribution in [-0.4, -0.2) is 40.2 Å². The lowest BCUT2D eigenvalue weighted by Gasteiger charge is -2.36. The van der Waals surface area contributed by atoms with Crippen molar-refractivity contribution < 1.29 is 9.18 Å². The number of amides is 1. The topological polar surface area (TPSA) is 50.2 Å². The number of rotatable bonds is 4. The number of carbonyl (C=O) groups excluding carboxylic acids is 1. The lowest BCUT2D eigenvalue weighted by Crippen LogP contribution is -2.48. The summed E-state index contributed by atoms with van der Waals surface area (Å²) in [6.07, 6.45) is 4.83. The SMILES string of the molecule is Cl.Cl.Cn1cc(CCC(=O)N2CCNCC2c2cccc(F)c2)cn1. The van der Waals surface area contributed by atoms with Crippen molar-refractivity contribution in [1.82, 2.24) is 20.0 Å². The molecule has 2 aromatic rings. The standard InChI is InChI=1S/C17H21FN4O.2ClH/c1-21-12-13(10-20-21)5-6-17(23)22-8-7-19-11-16(22)14-3-2-4-15(18)9-14;;/h2-4,9-10,12,16,19H,5-8,11H2,1H3;2*1H. The minimum absolute atomic E-state index is 0. The van der Waals surface area contributed by atoms with Crippen molar-refractivity contribution in [3.63, 3.8) is 0 Å². The molecule has 1 aliphatic heterocycles. The summed E-state index contributed by atoms with van der Waals surface area (Å²) in [4.78, 5) is 14.5. The number of halogens is 3. The van der Waals surface area contributed by atoms with Crippen molar-refractivity contribution in [2.24, 2.45) is 7.05 Å². The van der Waals surface area contributed by atoms with Crippen molar-refractivity contribution in [1.29, 1.82) is 0 Å². The molecule has 2 heterocycles. The van der Waals surface area contributed by atoms with E-state index in [2.05, 4.69) is 10.4 Å². The molecule has 1 saturated heterocycles. The number of hydrogen-bond acceptors (Lipinski definition) is 3. The fourth-order valence-corrected chi connectivity index (χ4v) is 3.01. The highest BCUT2D eigenvalue weighted by molar-refractivity contribution is 5.85. The Morgan fingerprint density at radius 3 is 2.88 bits per heavy atom. The van der Waals surface area contributed by atoms with Crippen LogP contribution in [0, 0.1) is 5.82 Å². The molecule has 25 heavy (non-hydrogen) atoms. The zero-order valence-corrected chi connectivity index (χ0v) is 15.7. The summed E-state index contributed by atoms with van der Waals surface area (Å²) in [5, 5.41) is 7.40. The number of nitrogens with zero attached hydrogens (tertiary/aromatic N) is 3. The van der Waals surface area contributed by atoms with Crippen LogP contribution in [-0.2, 0) is 18.3 Å². The molecule has 0 radical (unpaired) electrons. The molecule has 0 aliphatic carbocycles. The maximum atomic E-state index is 13.5. The maximum absolute atomic E-state index is 13.5. The number of aryl methyl sites for hydroxylation is 2. The van der Waals surface area contributed by atoms with Gasteiger partial charge in [0.2, 0.25) is 5.91 Å². The molecule has 0 saturated carbocycles. The van der Waals surface area contributed by atoms with Gasteiger partial charge in [0.05, 0.1) is 12.2 Å². The van der Waals surface area contributed by atoms with Crippen molar-refractivity contribution in [3.05, 3.63) is 53.6 Å². The first kappa shape index (κ1) is 21.4. The van der Waals surface area contributed by atoms with Crippen LogP contribution in [0.3, 0.4) is 0 Å². The van der Waals surface area contributed by atoms with Gasteiger partial charge in [-0.2, -0.15) is 5.10 Å². The highest BCUT2D eigenvalue weighted by atomic mass is 35.5. The first-order valence-electron chi connectivity index (χ1n) is 7.86. The molecule has 0 spiro atoms. The molecule has 1 fully saturated rings. The Hall–Kier alpha value is -1.63. The van der Waals surface area contributed by atoms with Crippen molar-refractivity contribution in [2.75, 3.05) is 19.6 Å². The Morgan fingerprint density at radius 1 is 1.40 bits per heavy atom. The first-order chi connectivity index (χ1) is 11.1. The van der Waals surface area contributed by atoms with E-state index in [-0.39, 0.29) is 42.6 Å². The Labute approximate surface area is 159 Å². The van der Waals surface area contributed by atoms with Crippen LogP contribution in [0.15, 0.2) is 36.7 Å². The average Bonchev–Trinajstić information content (AvgIpc) is 2.98. The van der Waals surface area contributed by atoms with Crippen LogP contribution in [0.25, 0.3) is 0 Å². The Kier molecular flexibility index (Phi) is 8.35. The van der Waals surface area contributed by atoms with Gasteiger partial charge in [0.1, 0.15) is 5.82 Å². The summed E-state index contributed by atoms with van der Waals surface area (Å²) in [6.45, 7) is 2.07. The van der Waals surface area contributed by atoms with Gasteiger partial charge in [-0.15, -0.1) is 24.8 Å². The zero-order valence-electron chi connectivity index (χ0n) is 14.0. The Bertz CT molecular complexity index is 695. The monoisotopic (exact) mass is 388 g/mol. The molecule has 1 aliphatic rings. The van der Waals surface area contributed by atoms with E-state index in [1.54, 1.807) is 16.9 Å². The minimum Gasteiger partial charge on any atom is -0.333 e. The van der Waals surface area contributed by atoms with Crippen LogP contribution in [0.5, 0.6) is 0 Å². The number of piperazine rings is 1. The summed E-state index contributed by atoms with van der Waals surface area (Å²) in [5.41, 5.74) is 1.89. The summed E-state index contributed by atoms with van der Waals surface area (Å²) in [6, 6.07) is 6.40. The lowest BCUT2D eigenvalue weighted by molar-refractivity contribution is -0.134. The van der Waals surface area contributed by atoms with Crippen LogP contribution >= 0.6 is 24.8 Å². The zero-order chi connectivity index (χ0) is 16.2. The average molecular weight is 389 g/mol. The van der Waals surface area contributed by atoms with Gasteiger partial charge in [-0.3, -0.25) is 9.48 Å². The van der Waals surface area contributed by atoms with E-state index in [0.29, 0.717) is 25.9 Å². The third kappa shape index (κ3) is 5.42. The quantitative estimate of drug-likeness (QED) is 0.875. The van der Waals surface area contributed by atoms with Crippen LogP contribution in [0.2, 0.25) is 0 Å². The molecular weight excluding hydrogens is 366 g/mol. The third-order valence-corrected chi connectivity index (χ3v) is 4.18. The number of aromatic nitrogens is 2. The van der Waals surface area contributed by atoms with Crippen LogP contribution < -0.4 is 5.32 Å². The van der Waals surface area contributed by atoms with E-state index in [9.17, 15) is 9.18 Å². The van der Waals surface area contributed by atoms with Gasteiger partial charge in [0.25, 0.3) is 0 Å². The van der Waals surface area contributed by atoms with E-state index in [0.717, 1.165) is 17.7 Å². The molecule has 8 heteroatoms. The molecule has 1 unspecified atom stereocenters. The van der Waals surface area contributed by atoms with Crippen molar-refractivity contribution in [2.45, 2.75) is 18.9 Å². The van der Waals surface area contributed by atoms with Gasteiger partial charge >= 0.3 is 0 Å². The van der Waals surface area contributed by atoms with E-state index in [1.165, 1.54) is 12.1 Å². The van der Waals surface area contributed by atoms with E-state index in [1.807, 2.05) is 24.2 Å². The van der Waals surface area contributed by atoms with Crippen LogP contribution in [0.1, 0.15) is 23.6 Å². The maximum Gasteiger partial charge on any atom is 0.223 e. The van der Waals surface area contributed by atoms with E-state index < -0.39 is 0 Å². The van der Waals surface area contributed by atoms with Gasteiger partial charge in [0.15, 0.2) is 0 Å². The van der Waals surface area contributed by atoms with Gasteiger partial charge in [0, 0.05) is 39.3 Å². The second kappa shape index (κ2) is 9.75. The largest absolute Gasteiger partial charge is 0.333 e. The van der Waals surface area contributed by atoms with Gasteiger partial charge < -0.3 is 10.2 Å². The summed E-state index contributed by atoms with van der Waals surface area (Å²) >= 11 is 0. The predicted molar refractivity (Wildman–Crippen MR) is 99.7 cm³/mol. The summed E-state index contributed by atoms with van der Waals surface area (Å²) < 4.78 is 15.2. The Morgan fingerprint density at radius 2 is 2.20 bits per heavy atom. The first-order valence-corrected chi connectivity index (χ1v) is 7.86. The second-order valence-corrected chi connectivity index (χ2v) is 5.88. The molecule has 138 valence electrons. The van der Waals surface area contributed by atoms with E-state index >= 15 is 0 Å². The van der Waals surface area contributed by atoms with Crippen molar-refractivity contribution in [3.8, 4) is 0 Å². The normalized spacial score (nSPS) is 16.7. The van der Waals surface area contributed by atoms with Crippen molar-refractivity contribution >= 4 is 30.7 Å².